The lowest BCUT2D eigenvalue weighted by Gasteiger charge is -2.09. The molecule has 0 aliphatic rings. The van der Waals surface area contributed by atoms with Crippen LogP contribution in [0.1, 0.15) is 17.0 Å². The fourth-order valence-electron chi connectivity index (χ4n) is 2.22. The Labute approximate surface area is 140 Å². The highest BCUT2D eigenvalue weighted by molar-refractivity contribution is 6.10. The van der Waals surface area contributed by atoms with Crippen LogP contribution in [0, 0.1) is 29.6 Å². The topological polar surface area (TPSA) is 90.8 Å². The van der Waals surface area contributed by atoms with Gasteiger partial charge in [0, 0.05) is 12.7 Å². The zero-order chi connectivity index (χ0) is 17.7. The number of nitriles is 2. The third-order valence-electron chi connectivity index (χ3n) is 3.71. The van der Waals surface area contributed by atoms with Crippen molar-refractivity contribution >= 4 is 17.7 Å². The van der Waals surface area contributed by atoms with E-state index in [1.807, 2.05) is 13.0 Å². The van der Waals surface area contributed by atoms with Crippen LogP contribution in [0.5, 0.6) is 5.75 Å². The lowest BCUT2D eigenvalue weighted by molar-refractivity contribution is -0.112. The van der Waals surface area contributed by atoms with Crippen LogP contribution >= 0.6 is 0 Å². The molecule has 0 bridgehead atoms. The summed E-state index contributed by atoms with van der Waals surface area (Å²) in [6, 6.07) is 12.5. The Bertz CT molecular complexity index is 895. The second kappa shape index (κ2) is 7.17. The predicted molar refractivity (Wildman–Crippen MR) is 90.1 cm³/mol. The van der Waals surface area contributed by atoms with Gasteiger partial charge in [0.2, 0.25) is 0 Å². The fourth-order valence-corrected chi connectivity index (χ4v) is 2.22. The molecule has 0 spiro atoms. The SMILES string of the molecule is COc1ccccc1NC(=O)/C(C#N)=C/c1cc(C#N)n(C)c1C. The number of aromatic nitrogens is 1. The highest BCUT2D eigenvalue weighted by Crippen LogP contribution is 2.24. The summed E-state index contributed by atoms with van der Waals surface area (Å²) in [4.78, 5) is 12.4. The number of ether oxygens (including phenoxy) is 1. The molecule has 6 nitrogen and oxygen atoms in total. The molecule has 0 radical (unpaired) electrons. The molecule has 0 saturated carbocycles. The molecule has 6 heteroatoms. The summed E-state index contributed by atoms with van der Waals surface area (Å²) in [7, 11) is 3.26. The van der Waals surface area contributed by atoms with Crippen LogP contribution in [0.4, 0.5) is 5.69 Å². The highest BCUT2D eigenvalue weighted by atomic mass is 16.5. The molecule has 120 valence electrons. The van der Waals surface area contributed by atoms with Gasteiger partial charge >= 0.3 is 0 Å². The van der Waals surface area contributed by atoms with Crippen molar-refractivity contribution in [3.05, 3.63) is 52.9 Å². The van der Waals surface area contributed by atoms with E-state index in [2.05, 4.69) is 11.4 Å². The number of para-hydroxylation sites is 2. The monoisotopic (exact) mass is 320 g/mol. The zero-order valence-corrected chi connectivity index (χ0v) is 13.6. The van der Waals surface area contributed by atoms with Gasteiger partial charge in [0.1, 0.15) is 29.2 Å². The number of nitrogens with zero attached hydrogens (tertiary/aromatic N) is 3. The van der Waals surface area contributed by atoms with Crippen LogP contribution in [0.25, 0.3) is 6.08 Å². The molecule has 2 rings (SSSR count). The molecule has 0 unspecified atom stereocenters. The minimum atomic E-state index is -0.538. The maximum Gasteiger partial charge on any atom is 0.266 e. The molecule has 1 aromatic heterocycles. The number of carbonyl (C=O) groups is 1. The van der Waals surface area contributed by atoms with E-state index in [0.717, 1.165) is 5.69 Å². The van der Waals surface area contributed by atoms with Crippen LogP contribution in [0.2, 0.25) is 0 Å². The Kier molecular flexibility index (Phi) is 5.03. The summed E-state index contributed by atoms with van der Waals surface area (Å²) in [6.45, 7) is 1.82. The van der Waals surface area contributed by atoms with Crippen molar-refractivity contribution < 1.29 is 9.53 Å². The van der Waals surface area contributed by atoms with Crippen molar-refractivity contribution in [3.63, 3.8) is 0 Å². The largest absolute Gasteiger partial charge is 0.495 e. The summed E-state index contributed by atoms with van der Waals surface area (Å²) in [5.41, 5.74) is 2.33. The molecule has 0 fully saturated rings. The molecule has 0 atom stereocenters. The Balaban J connectivity index is 2.33. The number of methoxy groups -OCH3 is 1. The summed E-state index contributed by atoms with van der Waals surface area (Å²) >= 11 is 0. The van der Waals surface area contributed by atoms with Crippen molar-refractivity contribution in [2.75, 3.05) is 12.4 Å². The van der Waals surface area contributed by atoms with E-state index in [1.165, 1.54) is 13.2 Å². The van der Waals surface area contributed by atoms with Gasteiger partial charge in [0.25, 0.3) is 5.91 Å². The van der Waals surface area contributed by atoms with E-state index >= 15 is 0 Å². The first kappa shape index (κ1) is 16.9. The predicted octanol–water partition coefficient (Wildman–Crippen LogP) is 2.76. The minimum Gasteiger partial charge on any atom is -0.495 e. The molecule has 2 aromatic rings. The van der Waals surface area contributed by atoms with E-state index in [9.17, 15) is 10.1 Å². The van der Waals surface area contributed by atoms with Gasteiger partial charge in [0.05, 0.1) is 12.8 Å². The Hall–Kier alpha value is -3.51. The molecular weight excluding hydrogens is 304 g/mol. The first-order valence-electron chi connectivity index (χ1n) is 7.14. The van der Waals surface area contributed by atoms with Gasteiger partial charge in [-0.3, -0.25) is 4.79 Å². The highest BCUT2D eigenvalue weighted by Gasteiger charge is 2.14. The number of amides is 1. The second-order valence-corrected chi connectivity index (χ2v) is 5.07. The smallest absolute Gasteiger partial charge is 0.266 e. The number of hydrogen-bond acceptors (Lipinski definition) is 4. The lowest BCUT2D eigenvalue weighted by atomic mass is 10.1. The number of anilines is 1. The van der Waals surface area contributed by atoms with Gasteiger partial charge in [-0.2, -0.15) is 10.5 Å². The van der Waals surface area contributed by atoms with Crippen molar-refractivity contribution in [2.24, 2.45) is 7.05 Å². The molecule has 24 heavy (non-hydrogen) atoms. The van der Waals surface area contributed by atoms with Crippen LogP contribution in [-0.4, -0.2) is 17.6 Å². The van der Waals surface area contributed by atoms with Crippen molar-refractivity contribution in [3.8, 4) is 17.9 Å². The van der Waals surface area contributed by atoms with E-state index in [4.69, 9.17) is 10.00 Å². The fraction of sp³-hybridized carbons (Fsp3) is 0.167. The summed E-state index contributed by atoms with van der Waals surface area (Å²) in [5, 5.41) is 21.0. The first-order valence-corrected chi connectivity index (χ1v) is 7.14. The van der Waals surface area contributed by atoms with Crippen LogP contribution in [0.15, 0.2) is 35.9 Å². The number of hydrogen-bond donors (Lipinski definition) is 1. The number of benzene rings is 1. The molecule has 0 aliphatic carbocycles. The second-order valence-electron chi connectivity index (χ2n) is 5.07. The average molecular weight is 320 g/mol. The van der Waals surface area contributed by atoms with E-state index < -0.39 is 5.91 Å². The first-order chi connectivity index (χ1) is 11.5. The quantitative estimate of drug-likeness (QED) is 0.692. The molecule has 0 saturated heterocycles. The molecular formula is C18H16N4O2. The Morgan fingerprint density at radius 2 is 2.04 bits per heavy atom. The van der Waals surface area contributed by atoms with Crippen LogP contribution in [0.3, 0.4) is 0 Å². The summed E-state index contributed by atoms with van der Waals surface area (Å²) < 4.78 is 6.88. The molecule has 1 amide bonds. The average Bonchev–Trinajstić information content (AvgIpc) is 2.87. The van der Waals surface area contributed by atoms with E-state index in [1.54, 1.807) is 41.9 Å². The maximum atomic E-state index is 12.4. The normalized spacial score (nSPS) is 10.6. The van der Waals surface area contributed by atoms with Gasteiger partial charge in [-0.05, 0) is 36.8 Å². The minimum absolute atomic E-state index is 0.0564. The molecule has 1 aromatic carbocycles. The molecule has 1 heterocycles. The molecule has 1 N–H and O–H groups in total. The van der Waals surface area contributed by atoms with Gasteiger partial charge < -0.3 is 14.6 Å². The number of carbonyl (C=O) groups excluding carboxylic acids is 1. The summed E-state index contributed by atoms with van der Waals surface area (Å²) in [5.74, 6) is -0.0328. The van der Waals surface area contributed by atoms with Gasteiger partial charge in [-0.1, -0.05) is 12.1 Å². The van der Waals surface area contributed by atoms with Crippen molar-refractivity contribution in [1.29, 1.82) is 10.5 Å². The third-order valence-corrected chi connectivity index (χ3v) is 3.71. The Morgan fingerprint density at radius 3 is 2.62 bits per heavy atom. The van der Waals surface area contributed by atoms with Crippen LogP contribution < -0.4 is 10.1 Å². The number of nitrogens with one attached hydrogen (secondary N) is 1. The maximum absolute atomic E-state index is 12.4. The number of rotatable bonds is 4. The van der Waals surface area contributed by atoms with Crippen LogP contribution in [-0.2, 0) is 11.8 Å². The summed E-state index contributed by atoms with van der Waals surface area (Å²) in [6.07, 6.45) is 1.47. The van der Waals surface area contributed by atoms with Gasteiger partial charge in [-0.15, -0.1) is 0 Å². The van der Waals surface area contributed by atoms with Gasteiger partial charge in [0.15, 0.2) is 0 Å². The van der Waals surface area contributed by atoms with Gasteiger partial charge in [-0.25, -0.2) is 0 Å². The molecule has 0 aliphatic heterocycles. The zero-order valence-electron chi connectivity index (χ0n) is 13.6. The Morgan fingerprint density at radius 1 is 1.33 bits per heavy atom. The van der Waals surface area contributed by atoms with E-state index in [-0.39, 0.29) is 5.57 Å². The third kappa shape index (κ3) is 3.29. The van der Waals surface area contributed by atoms with E-state index in [0.29, 0.717) is 22.7 Å². The standard InChI is InChI=1S/C18H16N4O2/c1-12-13(9-15(11-20)22(12)2)8-14(10-19)18(23)21-16-6-4-5-7-17(16)24-3/h4-9H,1-3H3,(H,21,23)/b14-8+. The van der Waals surface area contributed by atoms with Crippen molar-refractivity contribution in [1.82, 2.24) is 4.57 Å². The van der Waals surface area contributed by atoms with Crippen molar-refractivity contribution in [2.45, 2.75) is 6.92 Å². The lowest BCUT2D eigenvalue weighted by Crippen LogP contribution is -2.14.